The topological polar surface area (TPSA) is 73.6 Å². The Hall–Kier alpha value is -2.00. The number of aromatic nitrogens is 2. The van der Waals surface area contributed by atoms with Crippen LogP contribution in [0.4, 0.5) is 11.6 Å². The summed E-state index contributed by atoms with van der Waals surface area (Å²) in [5.41, 5.74) is 0.442. The molecule has 2 saturated carbocycles. The van der Waals surface area contributed by atoms with Crippen molar-refractivity contribution in [2.45, 2.75) is 62.3 Å². The number of thioether (sulfide) groups is 1. The van der Waals surface area contributed by atoms with Gasteiger partial charge in [-0.1, -0.05) is 25.7 Å². The van der Waals surface area contributed by atoms with Gasteiger partial charge in [-0.25, -0.2) is 9.97 Å². The van der Waals surface area contributed by atoms with Crippen molar-refractivity contribution in [3.63, 3.8) is 0 Å². The zero-order valence-electron chi connectivity index (χ0n) is 15.2. The third-order valence-corrected chi connectivity index (χ3v) is 6.97. The number of rotatable bonds is 5. The van der Waals surface area contributed by atoms with Crippen molar-refractivity contribution in [3.8, 4) is 6.07 Å². The number of nitrogens with zero attached hydrogens (tertiary/aromatic N) is 3. The molecule has 136 valence electrons. The predicted octanol–water partition coefficient (Wildman–Crippen LogP) is 4.90. The SMILES string of the molecule is CSC1(Nc2cc3c(NC4CCCC4)nc(C#N)cc3cn2)CCCC1. The Morgan fingerprint density at radius 2 is 1.96 bits per heavy atom. The molecule has 0 unspecified atom stereocenters. The lowest BCUT2D eigenvalue weighted by Gasteiger charge is -2.29. The second-order valence-electron chi connectivity index (χ2n) is 7.41. The maximum absolute atomic E-state index is 9.32. The number of hydrogen-bond acceptors (Lipinski definition) is 6. The van der Waals surface area contributed by atoms with Crippen LogP contribution in [0.15, 0.2) is 18.3 Å². The highest BCUT2D eigenvalue weighted by Gasteiger charge is 2.33. The molecule has 0 atom stereocenters. The minimum atomic E-state index is 0.0970. The van der Waals surface area contributed by atoms with Crippen molar-refractivity contribution >= 4 is 34.2 Å². The minimum absolute atomic E-state index is 0.0970. The van der Waals surface area contributed by atoms with Gasteiger partial charge in [0.05, 0.1) is 4.87 Å². The Morgan fingerprint density at radius 1 is 1.19 bits per heavy atom. The number of nitriles is 1. The summed E-state index contributed by atoms with van der Waals surface area (Å²) in [5, 5.41) is 18.6. The van der Waals surface area contributed by atoms with Crippen LogP contribution in [0.5, 0.6) is 0 Å². The number of hydrogen-bond donors (Lipinski definition) is 2. The molecule has 2 heterocycles. The third kappa shape index (κ3) is 3.45. The molecule has 0 bridgehead atoms. The van der Waals surface area contributed by atoms with E-state index >= 15 is 0 Å². The summed E-state index contributed by atoms with van der Waals surface area (Å²) in [5.74, 6) is 1.72. The first-order valence-electron chi connectivity index (χ1n) is 9.52. The summed E-state index contributed by atoms with van der Waals surface area (Å²) in [6, 6.07) is 6.55. The molecule has 6 heteroatoms. The average molecular weight is 368 g/mol. The van der Waals surface area contributed by atoms with Crippen LogP contribution >= 0.6 is 11.8 Å². The molecule has 2 aliphatic carbocycles. The molecule has 26 heavy (non-hydrogen) atoms. The van der Waals surface area contributed by atoms with Crippen LogP contribution in [0, 0.1) is 11.3 Å². The Kier molecular flexibility index (Phi) is 4.90. The quantitative estimate of drug-likeness (QED) is 0.732. The van der Waals surface area contributed by atoms with Crippen molar-refractivity contribution in [2.24, 2.45) is 0 Å². The fourth-order valence-electron chi connectivity index (χ4n) is 4.21. The molecule has 2 aromatic heterocycles. The van der Waals surface area contributed by atoms with Gasteiger partial charge >= 0.3 is 0 Å². The zero-order valence-corrected chi connectivity index (χ0v) is 16.0. The van der Waals surface area contributed by atoms with E-state index in [9.17, 15) is 5.26 Å². The van der Waals surface area contributed by atoms with Gasteiger partial charge in [0.25, 0.3) is 0 Å². The molecule has 2 aromatic rings. The van der Waals surface area contributed by atoms with Crippen molar-refractivity contribution in [2.75, 3.05) is 16.9 Å². The molecule has 0 aromatic carbocycles. The van der Waals surface area contributed by atoms with Gasteiger partial charge in [-0.15, -0.1) is 11.8 Å². The van der Waals surface area contributed by atoms with E-state index in [0.717, 1.165) is 22.4 Å². The highest BCUT2D eigenvalue weighted by molar-refractivity contribution is 8.00. The van der Waals surface area contributed by atoms with Gasteiger partial charge in [-0.2, -0.15) is 5.26 Å². The Labute approximate surface area is 159 Å². The first-order chi connectivity index (χ1) is 12.7. The third-order valence-electron chi connectivity index (χ3n) is 5.68. The van der Waals surface area contributed by atoms with Crippen LogP contribution in [0.25, 0.3) is 10.8 Å². The molecular weight excluding hydrogens is 342 g/mol. The summed E-state index contributed by atoms with van der Waals surface area (Å²) in [6.07, 6.45) is 13.8. The van der Waals surface area contributed by atoms with Crippen LogP contribution in [0.2, 0.25) is 0 Å². The highest BCUT2D eigenvalue weighted by atomic mass is 32.2. The molecular formula is C20H25N5S. The van der Waals surface area contributed by atoms with Gasteiger partial charge in [0.15, 0.2) is 0 Å². The molecule has 0 saturated heterocycles. The fraction of sp³-hybridized carbons (Fsp3) is 0.550. The van der Waals surface area contributed by atoms with Crippen LogP contribution < -0.4 is 10.6 Å². The Morgan fingerprint density at radius 3 is 2.65 bits per heavy atom. The van der Waals surface area contributed by atoms with E-state index < -0.39 is 0 Å². The summed E-state index contributed by atoms with van der Waals surface area (Å²) < 4.78 is 0. The lowest BCUT2D eigenvalue weighted by Crippen LogP contribution is -2.31. The largest absolute Gasteiger partial charge is 0.367 e. The predicted molar refractivity (Wildman–Crippen MR) is 108 cm³/mol. The summed E-state index contributed by atoms with van der Waals surface area (Å²) in [4.78, 5) is 9.28. The molecule has 5 nitrogen and oxygen atoms in total. The van der Waals surface area contributed by atoms with Gasteiger partial charge in [-0.3, -0.25) is 0 Å². The number of anilines is 2. The van der Waals surface area contributed by atoms with Crippen LogP contribution in [-0.2, 0) is 0 Å². The van der Waals surface area contributed by atoms with Crippen LogP contribution in [-0.4, -0.2) is 27.1 Å². The van der Waals surface area contributed by atoms with E-state index in [-0.39, 0.29) is 4.87 Å². The first-order valence-corrected chi connectivity index (χ1v) is 10.7. The summed E-state index contributed by atoms with van der Waals surface area (Å²) in [6.45, 7) is 0. The molecule has 0 radical (unpaired) electrons. The van der Waals surface area contributed by atoms with E-state index in [4.69, 9.17) is 0 Å². The van der Waals surface area contributed by atoms with E-state index in [1.54, 1.807) is 0 Å². The smallest absolute Gasteiger partial charge is 0.143 e. The molecule has 0 aliphatic heterocycles. The normalized spacial score (nSPS) is 19.5. The number of nitrogens with one attached hydrogen (secondary N) is 2. The monoisotopic (exact) mass is 367 g/mol. The summed E-state index contributed by atoms with van der Waals surface area (Å²) in [7, 11) is 0. The van der Waals surface area contributed by atoms with Gasteiger partial charge in [-0.05, 0) is 44.1 Å². The number of fused-ring (bicyclic) bond motifs is 1. The molecule has 2 aliphatic rings. The van der Waals surface area contributed by atoms with Crippen molar-refractivity contribution in [1.82, 2.24) is 9.97 Å². The molecule has 2 fully saturated rings. The van der Waals surface area contributed by atoms with Crippen LogP contribution in [0.1, 0.15) is 57.1 Å². The Bertz CT molecular complexity index is 832. The minimum Gasteiger partial charge on any atom is -0.367 e. The lowest BCUT2D eigenvalue weighted by atomic mass is 10.1. The molecule has 0 amide bonds. The van der Waals surface area contributed by atoms with E-state index in [1.165, 1.54) is 51.4 Å². The van der Waals surface area contributed by atoms with E-state index in [2.05, 4.69) is 39.0 Å². The second kappa shape index (κ2) is 7.32. The number of pyridine rings is 2. The van der Waals surface area contributed by atoms with Gasteiger partial charge in [0, 0.05) is 23.0 Å². The maximum atomic E-state index is 9.32. The Balaban J connectivity index is 1.69. The first kappa shape index (κ1) is 17.4. The van der Waals surface area contributed by atoms with E-state index in [1.807, 2.05) is 24.0 Å². The fourth-order valence-corrected chi connectivity index (χ4v) is 5.11. The van der Waals surface area contributed by atoms with Gasteiger partial charge in [0.1, 0.15) is 23.4 Å². The molecule has 2 N–H and O–H groups in total. The van der Waals surface area contributed by atoms with Crippen molar-refractivity contribution in [3.05, 3.63) is 24.0 Å². The zero-order chi connectivity index (χ0) is 18.0. The van der Waals surface area contributed by atoms with Crippen LogP contribution in [0.3, 0.4) is 0 Å². The molecule has 0 spiro atoms. The average Bonchev–Trinajstić information content (AvgIpc) is 3.34. The second-order valence-corrected chi connectivity index (χ2v) is 8.60. The van der Waals surface area contributed by atoms with Crippen molar-refractivity contribution < 1.29 is 0 Å². The van der Waals surface area contributed by atoms with Gasteiger partial charge in [0.2, 0.25) is 0 Å². The summed E-state index contributed by atoms with van der Waals surface area (Å²) >= 11 is 1.89. The van der Waals surface area contributed by atoms with E-state index in [0.29, 0.717) is 11.7 Å². The molecule has 4 rings (SSSR count). The standard InChI is InChI=1S/C20H25N5S/c1-26-20(8-4-5-9-20)25-18-11-17-14(13-22-18)10-16(12-21)24-19(17)23-15-6-2-3-7-15/h10-11,13,15H,2-9H2,1H3,(H,22,25)(H,23,24). The maximum Gasteiger partial charge on any atom is 0.143 e. The lowest BCUT2D eigenvalue weighted by molar-refractivity contribution is 0.688. The highest BCUT2D eigenvalue weighted by Crippen LogP contribution is 2.40. The van der Waals surface area contributed by atoms with Gasteiger partial charge < -0.3 is 10.6 Å². The van der Waals surface area contributed by atoms with Crippen molar-refractivity contribution in [1.29, 1.82) is 5.26 Å².